The lowest BCUT2D eigenvalue weighted by Gasteiger charge is -2.35. The summed E-state index contributed by atoms with van der Waals surface area (Å²) in [7, 11) is 0. The molecule has 0 aliphatic carbocycles. The standard InChI is InChI=1S/C22H30ClN5O3/c1-22(2,3)31-21(30)28-13-11-27(12-14-28)10-4-9-24-20(29)18-15-25-26-19(18)16-5-7-17(23)8-6-16/h5-8,15H,4,9-14H2,1-3H3,(H,24,29)(H,25,26). The number of amides is 2. The molecule has 3 rings (SSSR count). The molecule has 1 aliphatic heterocycles. The molecule has 168 valence electrons. The van der Waals surface area contributed by atoms with E-state index in [4.69, 9.17) is 16.3 Å². The number of ether oxygens (including phenoxy) is 1. The van der Waals surface area contributed by atoms with Crippen LogP contribution in [-0.4, -0.2) is 76.9 Å². The number of benzene rings is 1. The van der Waals surface area contributed by atoms with Gasteiger partial charge in [-0.25, -0.2) is 4.79 Å². The average Bonchev–Trinajstić information content (AvgIpc) is 3.21. The number of carbonyl (C=O) groups is 2. The highest BCUT2D eigenvalue weighted by Crippen LogP contribution is 2.22. The van der Waals surface area contributed by atoms with E-state index >= 15 is 0 Å². The maximum atomic E-state index is 12.6. The number of hydrogen-bond acceptors (Lipinski definition) is 5. The topological polar surface area (TPSA) is 90.6 Å². The molecule has 1 fully saturated rings. The van der Waals surface area contributed by atoms with Gasteiger partial charge in [0.2, 0.25) is 0 Å². The second kappa shape index (κ2) is 10.2. The first-order valence-corrected chi connectivity index (χ1v) is 10.9. The lowest BCUT2D eigenvalue weighted by Crippen LogP contribution is -2.50. The van der Waals surface area contributed by atoms with Crippen LogP contribution in [0.2, 0.25) is 5.02 Å². The molecular formula is C22H30ClN5O3. The molecule has 0 radical (unpaired) electrons. The highest BCUT2D eigenvalue weighted by atomic mass is 35.5. The Morgan fingerprint density at radius 2 is 1.84 bits per heavy atom. The van der Waals surface area contributed by atoms with Gasteiger partial charge < -0.3 is 15.0 Å². The molecule has 2 N–H and O–H groups in total. The monoisotopic (exact) mass is 447 g/mol. The van der Waals surface area contributed by atoms with Crippen LogP contribution in [0.5, 0.6) is 0 Å². The molecule has 0 spiro atoms. The number of rotatable bonds is 6. The predicted octanol–water partition coefficient (Wildman–Crippen LogP) is 3.40. The smallest absolute Gasteiger partial charge is 0.410 e. The zero-order valence-corrected chi connectivity index (χ0v) is 19.0. The van der Waals surface area contributed by atoms with E-state index < -0.39 is 5.60 Å². The van der Waals surface area contributed by atoms with Crippen molar-refractivity contribution in [2.75, 3.05) is 39.3 Å². The van der Waals surface area contributed by atoms with Crippen molar-refractivity contribution >= 4 is 23.6 Å². The van der Waals surface area contributed by atoms with Crippen molar-refractivity contribution in [3.05, 3.63) is 41.0 Å². The Morgan fingerprint density at radius 3 is 2.48 bits per heavy atom. The van der Waals surface area contributed by atoms with Gasteiger partial charge in [-0.15, -0.1) is 0 Å². The van der Waals surface area contributed by atoms with E-state index in [1.165, 1.54) is 6.20 Å². The van der Waals surface area contributed by atoms with Crippen LogP contribution in [0.3, 0.4) is 0 Å². The molecule has 1 aromatic carbocycles. The van der Waals surface area contributed by atoms with Gasteiger partial charge in [0.25, 0.3) is 5.91 Å². The maximum Gasteiger partial charge on any atom is 0.410 e. The number of piperazine rings is 1. The molecule has 31 heavy (non-hydrogen) atoms. The van der Waals surface area contributed by atoms with Crippen LogP contribution in [0.1, 0.15) is 37.6 Å². The van der Waals surface area contributed by atoms with Gasteiger partial charge in [-0.3, -0.25) is 14.8 Å². The lowest BCUT2D eigenvalue weighted by molar-refractivity contribution is 0.0144. The van der Waals surface area contributed by atoms with E-state index in [1.807, 2.05) is 32.9 Å². The molecule has 8 nitrogen and oxygen atoms in total. The van der Waals surface area contributed by atoms with Crippen molar-refractivity contribution < 1.29 is 14.3 Å². The maximum absolute atomic E-state index is 12.6. The van der Waals surface area contributed by atoms with Crippen molar-refractivity contribution in [2.24, 2.45) is 0 Å². The number of aromatic amines is 1. The Balaban J connectivity index is 1.39. The summed E-state index contributed by atoms with van der Waals surface area (Å²) in [5, 5.41) is 10.5. The third-order valence-electron chi connectivity index (χ3n) is 4.98. The van der Waals surface area contributed by atoms with Crippen LogP contribution in [0, 0.1) is 0 Å². The van der Waals surface area contributed by atoms with Crippen LogP contribution in [0.25, 0.3) is 11.3 Å². The summed E-state index contributed by atoms with van der Waals surface area (Å²) in [4.78, 5) is 28.8. The minimum atomic E-state index is -0.477. The van der Waals surface area contributed by atoms with Crippen LogP contribution in [0.4, 0.5) is 4.79 Å². The summed E-state index contributed by atoms with van der Waals surface area (Å²) in [6.45, 7) is 9.95. The Labute approximate surface area is 187 Å². The lowest BCUT2D eigenvalue weighted by atomic mass is 10.1. The minimum absolute atomic E-state index is 0.159. The third kappa shape index (κ3) is 6.70. The molecule has 0 atom stereocenters. The predicted molar refractivity (Wildman–Crippen MR) is 120 cm³/mol. The van der Waals surface area contributed by atoms with Crippen molar-refractivity contribution in [2.45, 2.75) is 32.8 Å². The number of nitrogens with one attached hydrogen (secondary N) is 2. The molecule has 1 aliphatic rings. The molecule has 0 unspecified atom stereocenters. The molecule has 9 heteroatoms. The number of nitrogens with zero attached hydrogens (tertiary/aromatic N) is 3. The zero-order valence-electron chi connectivity index (χ0n) is 18.3. The third-order valence-corrected chi connectivity index (χ3v) is 5.23. The second-order valence-electron chi connectivity index (χ2n) is 8.58. The summed E-state index contributed by atoms with van der Waals surface area (Å²) in [6.07, 6.45) is 2.11. The van der Waals surface area contributed by atoms with Gasteiger partial charge in [0.05, 0.1) is 17.5 Å². The van der Waals surface area contributed by atoms with Gasteiger partial charge in [-0.2, -0.15) is 5.10 Å². The highest BCUT2D eigenvalue weighted by Gasteiger charge is 2.25. The molecule has 1 saturated heterocycles. The fraction of sp³-hybridized carbons (Fsp3) is 0.500. The number of H-pyrrole nitrogens is 1. The first kappa shape index (κ1) is 23.1. The van der Waals surface area contributed by atoms with Gasteiger partial charge in [0.15, 0.2) is 0 Å². The van der Waals surface area contributed by atoms with Crippen LogP contribution >= 0.6 is 11.6 Å². The van der Waals surface area contributed by atoms with E-state index in [0.29, 0.717) is 35.9 Å². The zero-order chi connectivity index (χ0) is 22.4. The quantitative estimate of drug-likeness (QED) is 0.662. The fourth-order valence-electron chi connectivity index (χ4n) is 3.38. The van der Waals surface area contributed by atoms with Gasteiger partial charge in [-0.05, 0) is 45.9 Å². The van der Waals surface area contributed by atoms with E-state index in [2.05, 4.69) is 20.4 Å². The SMILES string of the molecule is CC(C)(C)OC(=O)N1CCN(CCCNC(=O)c2cn[nH]c2-c2ccc(Cl)cc2)CC1. The second-order valence-corrected chi connectivity index (χ2v) is 9.02. The summed E-state index contributed by atoms with van der Waals surface area (Å²) < 4.78 is 5.43. The summed E-state index contributed by atoms with van der Waals surface area (Å²) in [5.41, 5.74) is 1.56. The first-order valence-electron chi connectivity index (χ1n) is 10.5. The van der Waals surface area contributed by atoms with Gasteiger partial charge in [0.1, 0.15) is 5.60 Å². The number of hydrogen-bond donors (Lipinski definition) is 2. The van der Waals surface area contributed by atoms with E-state index in [9.17, 15) is 9.59 Å². The van der Waals surface area contributed by atoms with Crippen molar-refractivity contribution in [3.63, 3.8) is 0 Å². The van der Waals surface area contributed by atoms with E-state index in [1.54, 1.807) is 17.0 Å². The van der Waals surface area contributed by atoms with Crippen LogP contribution in [0.15, 0.2) is 30.5 Å². The molecule has 0 saturated carbocycles. The van der Waals surface area contributed by atoms with Gasteiger partial charge in [0, 0.05) is 43.3 Å². The van der Waals surface area contributed by atoms with Gasteiger partial charge in [-0.1, -0.05) is 23.7 Å². The van der Waals surface area contributed by atoms with E-state index in [0.717, 1.165) is 31.6 Å². The number of halogens is 1. The summed E-state index contributed by atoms with van der Waals surface area (Å²) >= 11 is 5.94. The highest BCUT2D eigenvalue weighted by molar-refractivity contribution is 6.30. The largest absolute Gasteiger partial charge is 0.444 e. The Morgan fingerprint density at radius 1 is 1.16 bits per heavy atom. The van der Waals surface area contributed by atoms with Crippen LogP contribution < -0.4 is 5.32 Å². The van der Waals surface area contributed by atoms with Gasteiger partial charge >= 0.3 is 6.09 Å². The molecule has 2 amide bonds. The first-order chi connectivity index (χ1) is 14.7. The fourth-order valence-corrected chi connectivity index (χ4v) is 3.50. The van der Waals surface area contributed by atoms with E-state index in [-0.39, 0.29) is 12.0 Å². The molecule has 2 aromatic rings. The molecule has 2 heterocycles. The van der Waals surface area contributed by atoms with Crippen LogP contribution in [-0.2, 0) is 4.74 Å². The molecule has 0 bridgehead atoms. The van der Waals surface area contributed by atoms with Crippen molar-refractivity contribution in [1.82, 2.24) is 25.3 Å². The Bertz CT molecular complexity index is 883. The Kier molecular flexibility index (Phi) is 7.56. The van der Waals surface area contributed by atoms with Crippen molar-refractivity contribution in [3.8, 4) is 11.3 Å². The number of aromatic nitrogens is 2. The molecule has 1 aromatic heterocycles. The average molecular weight is 448 g/mol. The van der Waals surface area contributed by atoms with Crippen molar-refractivity contribution in [1.29, 1.82) is 0 Å². The summed E-state index contributed by atoms with van der Waals surface area (Å²) in [6, 6.07) is 7.26. The number of carbonyl (C=O) groups excluding carboxylic acids is 2. The summed E-state index contributed by atoms with van der Waals surface area (Å²) in [5.74, 6) is -0.159. The molecular weight excluding hydrogens is 418 g/mol. The minimum Gasteiger partial charge on any atom is -0.444 e. The Hall–Kier alpha value is -2.58. The normalized spacial score (nSPS) is 15.0.